The van der Waals surface area contributed by atoms with Crippen molar-refractivity contribution in [2.24, 2.45) is 0 Å². The largest absolute Gasteiger partial charge is 0.462 e. The lowest BCUT2D eigenvalue weighted by Gasteiger charge is -2.18. The molecule has 0 aromatic rings. The summed E-state index contributed by atoms with van der Waals surface area (Å²) in [5.74, 6) is -0.878. The predicted molar refractivity (Wildman–Crippen MR) is 275 cm³/mol. The van der Waals surface area contributed by atoms with Crippen molar-refractivity contribution in [1.29, 1.82) is 0 Å². The van der Waals surface area contributed by atoms with E-state index in [0.29, 0.717) is 19.3 Å². The Kier molecular flexibility index (Phi) is 50.8. The molecule has 0 heterocycles. The number of allylic oxidation sites excluding steroid dienone is 8. The normalized spacial score (nSPS) is 12.4. The number of hydrogen-bond donors (Lipinski definition) is 0. The summed E-state index contributed by atoms with van der Waals surface area (Å²) in [6.07, 6.45) is 63.8. The minimum Gasteiger partial charge on any atom is -0.462 e. The van der Waals surface area contributed by atoms with Gasteiger partial charge in [-0.1, -0.05) is 243 Å². The topological polar surface area (TPSA) is 78.9 Å². The predicted octanol–water partition coefficient (Wildman–Crippen LogP) is 18.3. The van der Waals surface area contributed by atoms with Crippen LogP contribution in [0.25, 0.3) is 0 Å². The molecule has 0 fully saturated rings. The first-order chi connectivity index (χ1) is 31.5. The monoisotopic (exact) mass is 897 g/mol. The van der Waals surface area contributed by atoms with Crippen molar-refractivity contribution in [3.05, 3.63) is 48.6 Å². The van der Waals surface area contributed by atoms with Gasteiger partial charge in [-0.3, -0.25) is 14.4 Å². The van der Waals surface area contributed by atoms with Gasteiger partial charge in [0.05, 0.1) is 0 Å². The highest BCUT2D eigenvalue weighted by Gasteiger charge is 2.19. The fraction of sp³-hybridized carbons (Fsp3) is 0.810. The van der Waals surface area contributed by atoms with E-state index in [2.05, 4.69) is 69.4 Å². The molecule has 0 aliphatic heterocycles. The molecule has 0 aromatic carbocycles. The van der Waals surface area contributed by atoms with Crippen LogP contribution in [-0.2, 0) is 28.6 Å². The van der Waals surface area contributed by atoms with Crippen LogP contribution < -0.4 is 0 Å². The average molecular weight is 897 g/mol. The fourth-order valence-electron chi connectivity index (χ4n) is 7.91. The number of unbranched alkanes of at least 4 members (excludes halogenated alkanes) is 31. The fourth-order valence-corrected chi connectivity index (χ4v) is 7.91. The molecule has 1 unspecified atom stereocenters. The summed E-state index contributed by atoms with van der Waals surface area (Å²) in [4.78, 5) is 38.0. The van der Waals surface area contributed by atoms with Crippen molar-refractivity contribution in [2.45, 2.75) is 290 Å². The third kappa shape index (κ3) is 50.4. The van der Waals surface area contributed by atoms with E-state index in [1.807, 2.05) is 0 Å². The molecule has 64 heavy (non-hydrogen) atoms. The highest BCUT2D eigenvalue weighted by atomic mass is 16.6. The number of hydrogen-bond acceptors (Lipinski definition) is 6. The molecular weight excluding hydrogens is 793 g/mol. The second kappa shape index (κ2) is 53.0. The molecule has 372 valence electrons. The molecule has 6 nitrogen and oxygen atoms in total. The van der Waals surface area contributed by atoms with Crippen LogP contribution in [0.15, 0.2) is 48.6 Å². The van der Waals surface area contributed by atoms with Gasteiger partial charge in [0.2, 0.25) is 0 Å². The van der Waals surface area contributed by atoms with E-state index in [0.717, 1.165) is 83.5 Å². The number of rotatable bonds is 50. The van der Waals surface area contributed by atoms with Crippen molar-refractivity contribution < 1.29 is 28.6 Å². The molecule has 0 spiro atoms. The van der Waals surface area contributed by atoms with Crippen molar-refractivity contribution in [1.82, 2.24) is 0 Å². The minimum atomic E-state index is -0.775. The maximum atomic E-state index is 12.8. The van der Waals surface area contributed by atoms with Crippen LogP contribution in [0.5, 0.6) is 0 Å². The van der Waals surface area contributed by atoms with Gasteiger partial charge in [0, 0.05) is 19.3 Å². The van der Waals surface area contributed by atoms with E-state index in [1.54, 1.807) is 0 Å². The number of ether oxygens (including phenoxy) is 3. The Balaban J connectivity index is 4.31. The van der Waals surface area contributed by atoms with Crippen molar-refractivity contribution >= 4 is 17.9 Å². The third-order valence-electron chi connectivity index (χ3n) is 12.1. The van der Waals surface area contributed by atoms with E-state index in [4.69, 9.17) is 14.2 Å². The molecule has 0 saturated carbocycles. The maximum Gasteiger partial charge on any atom is 0.306 e. The summed E-state index contributed by atoms with van der Waals surface area (Å²) >= 11 is 0. The van der Waals surface area contributed by atoms with Gasteiger partial charge in [0.25, 0.3) is 0 Å². The summed E-state index contributed by atoms with van der Waals surface area (Å²) in [6, 6.07) is 0. The molecule has 0 aliphatic rings. The summed E-state index contributed by atoms with van der Waals surface area (Å²) in [5, 5.41) is 0. The summed E-state index contributed by atoms with van der Waals surface area (Å²) in [5.41, 5.74) is 0. The smallest absolute Gasteiger partial charge is 0.306 e. The van der Waals surface area contributed by atoms with Gasteiger partial charge in [-0.15, -0.1) is 0 Å². The zero-order valence-electron chi connectivity index (χ0n) is 42.6. The Morgan fingerprint density at radius 2 is 0.625 bits per heavy atom. The van der Waals surface area contributed by atoms with Crippen molar-refractivity contribution in [2.75, 3.05) is 13.2 Å². The second-order valence-electron chi connectivity index (χ2n) is 18.5. The summed E-state index contributed by atoms with van der Waals surface area (Å²) in [7, 11) is 0. The number of esters is 3. The Morgan fingerprint density at radius 3 is 1.02 bits per heavy atom. The zero-order chi connectivity index (χ0) is 46.5. The van der Waals surface area contributed by atoms with E-state index in [-0.39, 0.29) is 31.1 Å². The van der Waals surface area contributed by atoms with E-state index >= 15 is 0 Å². The maximum absolute atomic E-state index is 12.8. The van der Waals surface area contributed by atoms with Gasteiger partial charge in [-0.05, 0) is 70.6 Å². The van der Waals surface area contributed by atoms with Gasteiger partial charge in [-0.2, -0.15) is 0 Å². The van der Waals surface area contributed by atoms with Crippen LogP contribution in [0.3, 0.4) is 0 Å². The van der Waals surface area contributed by atoms with Crippen molar-refractivity contribution in [3.8, 4) is 0 Å². The van der Waals surface area contributed by atoms with E-state index < -0.39 is 6.10 Å². The van der Waals surface area contributed by atoms with E-state index in [1.165, 1.54) is 161 Å². The molecule has 1 atom stereocenters. The Hall–Kier alpha value is -2.63. The Bertz CT molecular complexity index is 1120. The summed E-state index contributed by atoms with van der Waals surface area (Å²) in [6.45, 7) is 6.51. The quantitative estimate of drug-likeness (QED) is 0.0262. The molecule has 0 rings (SSSR count). The zero-order valence-corrected chi connectivity index (χ0v) is 42.6. The van der Waals surface area contributed by atoms with Crippen LogP contribution in [0.1, 0.15) is 284 Å². The second-order valence-corrected chi connectivity index (χ2v) is 18.5. The number of carbonyl (C=O) groups excluding carboxylic acids is 3. The lowest BCUT2D eigenvalue weighted by molar-refractivity contribution is -0.167. The van der Waals surface area contributed by atoms with Crippen LogP contribution in [0.2, 0.25) is 0 Å². The SMILES string of the molecule is CC/C=C\C/C=C\C/C=C\CCCCCCCCCCCC(=O)OCC(COC(=O)CCCCCCC/C=C\CCCC)OC(=O)CCCCCCCCCCCCCCCCCC. The standard InChI is InChI=1S/C58H104O6/c1-4-7-10-13-16-19-22-24-26-28-29-30-32-33-36-39-42-45-48-51-57(60)63-54-55(53-62-56(59)50-47-44-41-38-35-21-18-15-12-9-6-3)64-58(61)52-49-46-43-40-37-34-31-27-25-23-20-17-14-11-8-5-2/h7,10,15-16,18-19,24,26,55H,4-6,8-9,11-14,17,20-23,25,27-54H2,1-3H3/b10-7-,18-15-,19-16-,26-24-. The number of carbonyl (C=O) groups is 3. The first-order valence-electron chi connectivity index (χ1n) is 27.6. The third-order valence-corrected chi connectivity index (χ3v) is 12.1. The first-order valence-corrected chi connectivity index (χ1v) is 27.6. The molecule has 0 aromatic heterocycles. The first kappa shape index (κ1) is 61.4. The van der Waals surface area contributed by atoms with Crippen LogP contribution in [0.4, 0.5) is 0 Å². The van der Waals surface area contributed by atoms with Gasteiger partial charge in [0.15, 0.2) is 6.10 Å². The minimum absolute atomic E-state index is 0.0759. The molecule has 0 radical (unpaired) electrons. The molecule has 0 bridgehead atoms. The van der Waals surface area contributed by atoms with Gasteiger partial charge in [-0.25, -0.2) is 0 Å². The van der Waals surface area contributed by atoms with Gasteiger partial charge >= 0.3 is 17.9 Å². The van der Waals surface area contributed by atoms with Crippen LogP contribution >= 0.6 is 0 Å². The molecule has 0 aliphatic carbocycles. The molecule has 6 heteroatoms. The molecular formula is C58H104O6. The van der Waals surface area contributed by atoms with Crippen LogP contribution in [-0.4, -0.2) is 37.2 Å². The lowest BCUT2D eigenvalue weighted by atomic mass is 10.0. The van der Waals surface area contributed by atoms with Crippen LogP contribution in [0, 0.1) is 0 Å². The average Bonchev–Trinajstić information content (AvgIpc) is 3.29. The molecule has 0 N–H and O–H groups in total. The van der Waals surface area contributed by atoms with E-state index in [9.17, 15) is 14.4 Å². The highest BCUT2D eigenvalue weighted by molar-refractivity contribution is 5.71. The molecule has 0 amide bonds. The molecule has 0 saturated heterocycles. The Morgan fingerprint density at radius 1 is 0.328 bits per heavy atom. The highest BCUT2D eigenvalue weighted by Crippen LogP contribution is 2.16. The van der Waals surface area contributed by atoms with Gasteiger partial charge < -0.3 is 14.2 Å². The van der Waals surface area contributed by atoms with Crippen molar-refractivity contribution in [3.63, 3.8) is 0 Å². The lowest BCUT2D eigenvalue weighted by Crippen LogP contribution is -2.30. The van der Waals surface area contributed by atoms with Gasteiger partial charge in [0.1, 0.15) is 13.2 Å². The summed E-state index contributed by atoms with van der Waals surface area (Å²) < 4.78 is 16.8. The Labute approximate surface area is 397 Å².